The number of nitrogens with two attached hydrogens (primary N) is 1. The summed E-state index contributed by atoms with van der Waals surface area (Å²) in [7, 11) is 0. The number of carbonyl (C=O) groups is 1. The van der Waals surface area contributed by atoms with Crippen LogP contribution in [0.25, 0.3) is 16.9 Å². The van der Waals surface area contributed by atoms with Crippen molar-refractivity contribution < 1.29 is 15.0 Å². The van der Waals surface area contributed by atoms with Gasteiger partial charge in [-0.05, 0) is 37.4 Å². The van der Waals surface area contributed by atoms with E-state index >= 15 is 0 Å². The average molecular weight is 447 g/mol. The molecule has 5 N–H and O–H groups in total. The lowest BCUT2D eigenvalue weighted by molar-refractivity contribution is 0.0949. The number of hydrogen-bond acceptors (Lipinski definition) is 7. The Bertz CT molecular complexity index is 1020. The van der Waals surface area contributed by atoms with Crippen LogP contribution in [0.4, 0.5) is 5.82 Å². The van der Waals surface area contributed by atoms with E-state index in [1.165, 1.54) is 16.8 Å². The van der Waals surface area contributed by atoms with Gasteiger partial charge in [-0.3, -0.25) is 4.79 Å². The van der Waals surface area contributed by atoms with Crippen LogP contribution in [-0.4, -0.2) is 62.2 Å². The van der Waals surface area contributed by atoms with Gasteiger partial charge in [-0.2, -0.15) is 4.68 Å². The Hall–Kier alpha value is -3.30. The molecule has 1 aromatic heterocycles. The standard InChI is InChI=1S/C21H26N6O3.ClH/c1-3-26(4-2)12-11-23-21(30)15-7-5-14(6-8-15)19-20(22)27(25-24-19)16-9-10-17(28)18(29)13-16;/h5-10,13,28-29H,3-4,11-12,22H2,1-2H3,(H,23,30);1H. The molecular formula is C21H27ClN6O3. The van der Waals surface area contributed by atoms with E-state index in [0.29, 0.717) is 29.1 Å². The van der Waals surface area contributed by atoms with Gasteiger partial charge in [0, 0.05) is 30.3 Å². The molecule has 0 unspecified atom stereocenters. The van der Waals surface area contributed by atoms with Gasteiger partial charge < -0.3 is 26.2 Å². The molecule has 166 valence electrons. The van der Waals surface area contributed by atoms with Crippen molar-refractivity contribution in [1.29, 1.82) is 0 Å². The van der Waals surface area contributed by atoms with Crippen LogP contribution in [0.15, 0.2) is 42.5 Å². The van der Waals surface area contributed by atoms with Gasteiger partial charge in [0.15, 0.2) is 17.3 Å². The van der Waals surface area contributed by atoms with Crippen LogP contribution in [0, 0.1) is 0 Å². The quantitative estimate of drug-likeness (QED) is 0.391. The first-order valence-corrected chi connectivity index (χ1v) is 9.79. The number of nitrogen functional groups attached to an aromatic ring is 1. The van der Waals surface area contributed by atoms with Crippen LogP contribution in [0.3, 0.4) is 0 Å². The second-order valence-electron chi connectivity index (χ2n) is 6.77. The van der Waals surface area contributed by atoms with Gasteiger partial charge in [0.1, 0.15) is 5.69 Å². The largest absolute Gasteiger partial charge is 0.504 e. The molecule has 0 aliphatic heterocycles. The lowest BCUT2D eigenvalue weighted by atomic mass is 10.1. The monoisotopic (exact) mass is 446 g/mol. The van der Waals surface area contributed by atoms with Gasteiger partial charge in [-0.1, -0.05) is 31.2 Å². The Balaban J connectivity index is 0.00000341. The predicted molar refractivity (Wildman–Crippen MR) is 122 cm³/mol. The number of hydrogen-bond donors (Lipinski definition) is 4. The van der Waals surface area contributed by atoms with Gasteiger partial charge in [-0.25, -0.2) is 0 Å². The summed E-state index contributed by atoms with van der Waals surface area (Å²) >= 11 is 0. The van der Waals surface area contributed by atoms with E-state index in [0.717, 1.165) is 19.6 Å². The number of aromatic nitrogens is 3. The van der Waals surface area contributed by atoms with Gasteiger partial charge in [0.2, 0.25) is 0 Å². The lowest BCUT2D eigenvalue weighted by Gasteiger charge is -2.17. The molecule has 0 atom stereocenters. The molecule has 3 rings (SSSR count). The summed E-state index contributed by atoms with van der Waals surface area (Å²) in [5.41, 5.74) is 8.36. The smallest absolute Gasteiger partial charge is 0.251 e. The Morgan fingerprint density at radius 1 is 1.10 bits per heavy atom. The van der Waals surface area contributed by atoms with Gasteiger partial charge >= 0.3 is 0 Å². The number of halogens is 1. The van der Waals surface area contributed by atoms with Crippen molar-refractivity contribution in [1.82, 2.24) is 25.2 Å². The number of phenols is 2. The summed E-state index contributed by atoms with van der Waals surface area (Å²) in [5, 5.41) is 30.2. The number of rotatable bonds is 8. The fourth-order valence-electron chi connectivity index (χ4n) is 3.08. The van der Waals surface area contributed by atoms with Crippen molar-refractivity contribution in [3.63, 3.8) is 0 Å². The summed E-state index contributed by atoms with van der Waals surface area (Å²) < 4.78 is 1.36. The molecular weight excluding hydrogens is 420 g/mol. The number of nitrogens with zero attached hydrogens (tertiary/aromatic N) is 4. The first kappa shape index (κ1) is 24.0. The average Bonchev–Trinajstić information content (AvgIpc) is 3.14. The van der Waals surface area contributed by atoms with Crippen LogP contribution < -0.4 is 11.1 Å². The second kappa shape index (κ2) is 10.6. The number of anilines is 1. The Morgan fingerprint density at radius 2 is 1.77 bits per heavy atom. The van der Waals surface area contributed by atoms with E-state index in [1.54, 1.807) is 30.3 Å². The molecule has 0 spiro atoms. The van der Waals surface area contributed by atoms with Gasteiger partial charge in [0.25, 0.3) is 5.91 Å². The van der Waals surface area contributed by atoms with Crippen molar-refractivity contribution in [2.45, 2.75) is 13.8 Å². The van der Waals surface area contributed by atoms with E-state index in [4.69, 9.17) is 5.73 Å². The molecule has 3 aromatic rings. The first-order chi connectivity index (χ1) is 14.4. The van der Waals surface area contributed by atoms with Gasteiger partial charge in [0.05, 0.1) is 5.69 Å². The molecule has 1 heterocycles. The highest BCUT2D eigenvalue weighted by Crippen LogP contribution is 2.30. The Morgan fingerprint density at radius 3 is 2.39 bits per heavy atom. The molecule has 0 radical (unpaired) electrons. The fraction of sp³-hybridized carbons (Fsp3) is 0.286. The highest BCUT2D eigenvalue weighted by atomic mass is 35.5. The molecule has 0 saturated heterocycles. The summed E-state index contributed by atoms with van der Waals surface area (Å²) in [6, 6.07) is 11.2. The molecule has 0 saturated carbocycles. The zero-order valence-corrected chi connectivity index (χ0v) is 18.3. The van der Waals surface area contributed by atoms with Crippen molar-refractivity contribution >= 4 is 24.1 Å². The number of amides is 1. The maximum atomic E-state index is 12.3. The third kappa shape index (κ3) is 5.44. The SMILES string of the molecule is CCN(CC)CCNC(=O)c1ccc(-c2nnn(-c3ccc(O)c(O)c3)c2N)cc1.Cl. The third-order valence-corrected chi connectivity index (χ3v) is 4.94. The summed E-state index contributed by atoms with van der Waals surface area (Å²) in [6.07, 6.45) is 0. The number of carbonyl (C=O) groups excluding carboxylic acids is 1. The van der Waals surface area contributed by atoms with Crippen LogP contribution >= 0.6 is 12.4 Å². The van der Waals surface area contributed by atoms with E-state index in [9.17, 15) is 15.0 Å². The highest BCUT2D eigenvalue weighted by Gasteiger charge is 2.15. The molecule has 9 nitrogen and oxygen atoms in total. The van der Waals surface area contributed by atoms with Crippen molar-refractivity contribution in [2.75, 3.05) is 31.9 Å². The normalized spacial score (nSPS) is 10.7. The number of likely N-dealkylation sites (N-methyl/N-ethyl adjacent to an activating group) is 1. The maximum Gasteiger partial charge on any atom is 0.251 e. The molecule has 0 aliphatic rings. The molecule has 1 amide bonds. The summed E-state index contributed by atoms with van der Waals surface area (Å²) in [6.45, 7) is 7.48. The minimum atomic E-state index is -0.277. The maximum absolute atomic E-state index is 12.3. The van der Waals surface area contributed by atoms with Crippen LogP contribution in [0.2, 0.25) is 0 Å². The van der Waals surface area contributed by atoms with Crippen LogP contribution in [-0.2, 0) is 0 Å². The summed E-state index contributed by atoms with van der Waals surface area (Å²) in [4.78, 5) is 14.6. The topological polar surface area (TPSA) is 130 Å². The van der Waals surface area contributed by atoms with Crippen LogP contribution in [0.5, 0.6) is 11.5 Å². The van der Waals surface area contributed by atoms with E-state index in [1.807, 2.05) is 0 Å². The summed E-state index contributed by atoms with van der Waals surface area (Å²) in [5.74, 6) is -0.370. The number of nitrogens with one attached hydrogen (secondary N) is 1. The van der Waals surface area contributed by atoms with Crippen LogP contribution in [0.1, 0.15) is 24.2 Å². The van der Waals surface area contributed by atoms with Gasteiger partial charge in [-0.15, -0.1) is 17.5 Å². The lowest BCUT2D eigenvalue weighted by Crippen LogP contribution is -2.34. The van der Waals surface area contributed by atoms with Crippen molar-refractivity contribution in [3.8, 4) is 28.4 Å². The predicted octanol–water partition coefficient (Wildman–Crippen LogP) is 2.42. The third-order valence-electron chi connectivity index (χ3n) is 4.94. The number of benzene rings is 2. The Labute approximate surface area is 186 Å². The zero-order valence-electron chi connectivity index (χ0n) is 17.4. The molecule has 10 heteroatoms. The van der Waals surface area contributed by atoms with E-state index < -0.39 is 0 Å². The van der Waals surface area contributed by atoms with Crippen molar-refractivity contribution in [2.24, 2.45) is 0 Å². The van der Waals surface area contributed by atoms with E-state index in [2.05, 4.69) is 34.4 Å². The fourth-order valence-corrected chi connectivity index (χ4v) is 3.08. The number of phenolic OH excluding ortho intramolecular Hbond substituents is 2. The molecule has 2 aromatic carbocycles. The second-order valence-corrected chi connectivity index (χ2v) is 6.77. The Kier molecular flexibility index (Phi) is 8.23. The number of aromatic hydroxyl groups is 2. The first-order valence-electron chi connectivity index (χ1n) is 9.79. The van der Waals surface area contributed by atoms with E-state index in [-0.39, 0.29) is 35.6 Å². The minimum Gasteiger partial charge on any atom is -0.504 e. The molecule has 0 aliphatic carbocycles. The molecule has 31 heavy (non-hydrogen) atoms. The van der Waals surface area contributed by atoms with Crippen molar-refractivity contribution in [3.05, 3.63) is 48.0 Å². The molecule has 0 bridgehead atoms. The highest BCUT2D eigenvalue weighted by molar-refractivity contribution is 5.94. The minimum absolute atomic E-state index is 0. The molecule has 0 fully saturated rings. The zero-order chi connectivity index (χ0) is 21.7.